The van der Waals surface area contributed by atoms with Crippen molar-refractivity contribution in [2.24, 2.45) is 0 Å². The fraction of sp³-hybridized carbons (Fsp3) is 0.250. The summed E-state index contributed by atoms with van der Waals surface area (Å²) in [6, 6.07) is 9.60. The summed E-state index contributed by atoms with van der Waals surface area (Å²) in [4.78, 5) is 12.2. The first-order valence-electron chi connectivity index (χ1n) is 6.95. The minimum absolute atomic E-state index is 0.487. The molecule has 0 aliphatic rings. The van der Waals surface area contributed by atoms with E-state index in [1.54, 1.807) is 32.0 Å². The number of aromatic amines is 1. The number of benzene rings is 1. The average Bonchev–Trinajstić information content (AvgIpc) is 2.95. The summed E-state index contributed by atoms with van der Waals surface area (Å²) in [7, 11) is 1.65. The zero-order chi connectivity index (χ0) is 15.5. The van der Waals surface area contributed by atoms with Crippen molar-refractivity contribution in [2.45, 2.75) is 23.9 Å². The van der Waals surface area contributed by atoms with Gasteiger partial charge in [-0.1, -0.05) is 17.8 Å². The maximum Gasteiger partial charge on any atom is 0.166 e. The van der Waals surface area contributed by atoms with E-state index in [0.717, 1.165) is 38.9 Å². The number of nitrogens with zero attached hydrogens (tertiary/aromatic N) is 2. The van der Waals surface area contributed by atoms with E-state index in [2.05, 4.69) is 15.0 Å². The summed E-state index contributed by atoms with van der Waals surface area (Å²) in [5, 5.41) is 10.3. The molecule has 0 saturated heterocycles. The molecule has 0 aliphatic heterocycles. The van der Waals surface area contributed by atoms with Crippen LogP contribution in [-0.2, 0) is 5.75 Å². The van der Waals surface area contributed by atoms with Gasteiger partial charge in [-0.05, 0) is 30.7 Å². The molecule has 0 bridgehead atoms. The van der Waals surface area contributed by atoms with E-state index in [9.17, 15) is 5.11 Å². The topological polar surface area (TPSA) is 71.0 Å². The molecule has 0 aliphatic carbocycles. The number of aromatic nitrogens is 3. The van der Waals surface area contributed by atoms with E-state index >= 15 is 0 Å². The van der Waals surface area contributed by atoms with Gasteiger partial charge >= 0.3 is 0 Å². The Morgan fingerprint density at radius 1 is 1.32 bits per heavy atom. The van der Waals surface area contributed by atoms with Crippen LogP contribution in [0.5, 0.6) is 5.75 Å². The Morgan fingerprint density at radius 3 is 2.86 bits per heavy atom. The molecule has 0 spiro atoms. The third-order valence-corrected chi connectivity index (χ3v) is 4.26. The lowest BCUT2D eigenvalue weighted by molar-refractivity contribution is 0.199. The van der Waals surface area contributed by atoms with E-state index in [1.165, 1.54) is 0 Å². The van der Waals surface area contributed by atoms with Crippen LogP contribution in [0.1, 0.15) is 24.3 Å². The van der Waals surface area contributed by atoms with Gasteiger partial charge in [-0.3, -0.25) is 4.98 Å². The van der Waals surface area contributed by atoms with Crippen LogP contribution >= 0.6 is 11.8 Å². The molecule has 3 rings (SSSR count). The molecule has 0 amide bonds. The van der Waals surface area contributed by atoms with Crippen molar-refractivity contribution in [3.63, 3.8) is 0 Å². The van der Waals surface area contributed by atoms with E-state index in [4.69, 9.17) is 4.74 Å². The number of aliphatic hydroxyl groups excluding tert-OH is 1. The van der Waals surface area contributed by atoms with E-state index in [1.807, 2.05) is 30.3 Å². The summed E-state index contributed by atoms with van der Waals surface area (Å²) in [6.45, 7) is 1.73. The second-order valence-electron chi connectivity index (χ2n) is 4.97. The minimum Gasteiger partial charge on any atom is -0.497 e. The zero-order valence-electron chi connectivity index (χ0n) is 12.4. The Hall–Kier alpha value is -2.05. The predicted octanol–water partition coefficient (Wildman–Crippen LogP) is 3.31. The number of rotatable bonds is 5. The van der Waals surface area contributed by atoms with Crippen molar-refractivity contribution in [1.82, 2.24) is 15.0 Å². The number of hydrogen-bond acceptors (Lipinski definition) is 5. The summed E-state index contributed by atoms with van der Waals surface area (Å²) in [5.74, 6) is 1.53. The van der Waals surface area contributed by atoms with Crippen LogP contribution in [0.15, 0.2) is 41.7 Å². The predicted molar refractivity (Wildman–Crippen MR) is 87.1 cm³/mol. The van der Waals surface area contributed by atoms with Crippen LogP contribution in [0, 0.1) is 0 Å². The monoisotopic (exact) mass is 315 g/mol. The van der Waals surface area contributed by atoms with Gasteiger partial charge in [0.1, 0.15) is 5.75 Å². The Labute approximate surface area is 132 Å². The van der Waals surface area contributed by atoms with Crippen LogP contribution < -0.4 is 4.74 Å². The zero-order valence-corrected chi connectivity index (χ0v) is 13.2. The second-order valence-corrected chi connectivity index (χ2v) is 5.94. The molecule has 1 aromatic carbocycles. The highest BCUT2D eigenvalue weighted by Gasteiger charge is 2.06. The number of methoxy groups -OCH3 is 1. The van der Waals surface area contributed by atoms with Crippen LogP contribution in [0.2, 0.25) is 0 Å². The number of aliphatic hydroxyl groups is 1. The van der Waals surface area contributed by atoms with Crippen LogP contribution in [0.4, 0.5) is 0 Å². The molecule has 114 valence electrons. The third kappa shape index (κ3) is 3.23. The summed E-state index contributed by atoms with van der Waals surface area (Å²) < 4.78 is 5.21. The lowest BCUT2D eigenvalue weighted by Crippen LogP contribution is -1.94. The maximum absolute atomic E-state index is 9.48. The molecule has 22 heavy (non-hydrogen) atoms. The Morgan fingerprint density at radius 2 is 2.18 bits per heavy atom. The first-order chi connectivity index (χ1) is 10.7. The van der Waals surface area contributed by atoms with E-state index in [-0.39, 0.29) is 0 Å². The van der Waals surface area contributed by atoms with Gasteiger partial charge in [0.15, 0.2) is 5.16 Å². The first-order valence-corrected chi connectivity index (χ1v) is 7.93. The number of H-pyrrole nitrogens is 1. The number of ether oxygens (including phenoxy) is 1. The van der Waals surface area contributed by atoms with Gasteiger partial charge in [-0.15, -0.1) is 0 Å². The van der Waals surface area contributed by atoms with Crippen molar-refractivity contribution in [1.29, 1.82) is 0 Å². The molecule has 0 fully saturated rings. The highest BCUT2D eigenvalue weighted by Crippen LogP contribution is 2.25. The van der Waals surface area contributed by atoms with Gasteiger partial charge in [0.05, 0.1) is 29.9 Å². The fourth-order valence-corrected chi connectivity index (χ4v) is 2.87. The van der Waals surface area contributed by atoms with Gasteiger partial charge in [0, 0.05) is 18.0 Å². The quantitative estimate of drug-likeness (QED) is 0.707. The summed E-state index contributed by atoms with van der Waals surface area (Å²) in [6.07, 6.45) is 1.23. The van der Waals surface area contributed by atoms with Crippen LogP contribution in [0.3, 0.4) is 0 Å². The Kier molecular flexibility index (Phi) is 4.31. The molecule has 2 N–H and O–H groups in total. The van der Waals surface area contributed by atoms with Gasteiger partial charge in [-0.25, -0.2) is 4.98 Å². The van der Waals surface area contributed by atoms with Crippen molar-refractivity contribution in [3.8, 4) is 5.75 Å². The largest absolute Gasteiger partial charge is 0.497 e. The van der Waals surface area contributed by atoms with Gasteiger partial charge in [0.2, 0.25) is 0 Å². The third-order valence-electron chi connectivity index (χ3n) is 3.35. The van der Waals surface area contributed by atoms with Crippen LogP contribution in [-0.4, -0.2) is 27.2 Å². The standard InChI is InChI=1S/C16H17N3O2S/c1-10(20)11-3-4-12(17-8-11)9-22-16-18-14-6-5-13(21-2)7-15(14)19-16/h3-8,10,20H,9H2,1-2H3,(H,18,19). The molecule has 0 radical (unpaired) electrons. The van der Waals surface area contributed by atoms with Crippen molar-refractivity contribution in [2.75, 3.05) is 7.11 Å². The minimum atomic E-state index is -0.487. The number of imidazole rings is 1. The first kappa shape index (κ1) is 14.9. The van der Waals surface area contributed by atoms with Crippen LogP contribution in [0.25, 0.3) is 11.0 Å². The molecule has 5 nitrogen and oxygen atoms in total. The Bertz CT molecular complexity index is 769. The fourth-order valence-electron chi connectivity index (χ4n) is 2.07. The number of thioether (sulfide) groups is 1. The van der Waals surface area contributed by atoms with Gasteiger partial charge in [-0.2, -0.15) is 0 Å². The second kappa shape index (κ2) is 6.37. The SMILES string of the molecule is COc1ccc2nc(SCc3ccc(C(C)O)cn3)[nH]c2c1. The molecule has 1 atom stereocenters. The van der Waals surface area contributed by atoms with Crippen molar-refractivity contribution in [3.05, 3.63) is 47.8 Å². The molecule has 2 heterocycles. The molecule has 2 aromatic heterocycles. The summed E-state index contributed by atoms with van der Waals surface area (Å²) in [5.41, 5.74) is 3.65. The number of pyridine rings is 1. The number of hydrogen-bond donors (Lipinski definition) is 2. The summed E-state index contributed by atoms with van der Waals surface area (Å²) >= 11 is 1.59. The Balaban J connectivity index is 1.70. The highest BCUT2D eigenvalue weighted by atomic mass is 32.2. The van der Waals surface area contributed by atoms with Gasteiger partial charge in [0.25, 0.3) is 0 Å². The molecular weight excluding hydrogens is 298 g/mol. The smallest absolute Gasteiger partial charge is 0.166 e. The number of fused-ring (bicyclic) bond motifs is 1. The van der Waals surface area contributed by atoms with Crippen molar-refractivity contribution < 1.29 is 9.84 Å². The van der Waals surface area contributed by atoms with E-state index < -0.39 is 6.10 Å². The van der Waals surface area contributed by atoms with Crippen molar-refractivity contribution >= 4 is 22.8 Å². The molecular formula is C16H17N3O2S. The lowest BCUT2D eigenvalue weighted by Gasteiger charge is -2.04. The molecule has 1 unspecified atom stereocenters. The lowest BCUT2D eigenvalue weighted by atomic mass is 10.2. The normalized spacial score (nSPS) is 12.5. The molecule has 6 heteroatoms. The number of nitrogens with one attached hydrogen (secondary N) is 1. The molecule has 3 aromatic rings. The average molecular weight is 315 g/mol. The molecule has 0 saturated carbocycles. The highest BCUT2D eigenvalue weighted by molar-refractivity contribution is 7.98. The van der Waals surface area contributed by atoms with Gasteiger partial charge < -0.3 is 14.8 Å². The van der Waals surface area contributed by atoms with E-state index in [0.29, 0.717) is 0 Å². The maximum atomic E-state index is 9.48.